The van der Waals surface area contributed by atoms with E-state index in [1.54, 1.807) is 30.3 Å². The first-order valence-corrected chi connectivity index (χ1v) is 50.5. The van der Waals surface area contributed by atoms with Gasteiger partial charge in [-0.05, 0) is 90.5 Å². The molecule has 762 valence electrons. The molecule has 3 aliphatic heterocycles. The van der Waals surface area contributed by atoms with Crippen molar-refractivity contribution < 1.29 is 104 Å². The van der Waals surface area contributed by atoms with Crippen LogP contribution in [0.15, 0.2) is 434 Å². The Balaban J connectivity index is 0.830. The summed E-state index contributed by atoms with van der Waals surface area (Å²) in [6.07, 6.45) is -20.9. The lowest BCUT2D eigenvalue weighted by Gasteiger charge is -2.51. The van der Waals surface area contributed by atoms with Gasteiger partial charge in [-0.25, -0.2) is 0 Å². The predicted octanol–water partition coefficient (Wildman–Crippen LogP) is 23.2. The van der Waals surface area contributed by atoms with Crippen molar-refractivity contribution in [2.45, 2.75) is 185 Å². The third-order valence-electron chi connectivity index (χ3n) is 25.8. The van der Waals surface area contributed by atoms with Crippen LogP contribution in [0.3, 0.4) is 0 Å². The highest BCUT2D eigenvalue weighted by molar-refractivity contribution is 5.89. The van der Waals surface area contributed by atoms with Crippen molar-refractivity contribution in [2.24, 2.45) is 0 Å². The summed E-state index contributed by atoms with van der Waals surface area (Å²) in [4.78, 5) is 32.4. The van der Waals surface area contributed by atoms with Gasteiger partial charge in [-0.1, -0.05) is 394 Å². The SMILES string of the molecule is CC(=O)OC1C(OCc2ccccc2)[C@H](OCc2ccccc2)C(COCc2ccccc2)O[C@H]1OC1C(OCc2ccccc2)[C@H](OCc2ccccc2)C(COCc2ccccc2)O[C@H]1OC1C(OCc2ccccc2)[C@H](OCc2ccccc2)C(COCc2ccccc2)O[C@H]1Oc1c(-c2ccc(OCc3ccccc3)c(OCc3ccccc3)c2)oc2cc(OCc3ccccc3)cc(OCc3ccccc3)c2c1=O. The average molecular weight is 2000 g/mol. The quantitative estimate of drug-likeness (QED) is 0.0322. The largest absolute Gasteiger partial charge is 0.489 e. The lowest BCUT2D eigenvalue weighted by Crippen LogP contribution is -2.68. The molecule has 9 unspecified atom stereocenters. The molecule has 0 spiro atoms. The van der Waals surface area contributed by atoms with Crippen molar-refractivity contribution in [1.82, 2.24) is 0 Å². The molecule has 0 bridgehead atoms. The van der Waals surface area contributed by atoms with Gasteiger partial charge in [-0.2, -0.15) is 0 Å². The Labute approximate surface area is 867 Å². The molecule has 0 aliphatic carbocycles. The van der Waals surface area contributed by atoms with Crippen LogP contribution in [0.5, 0.6) is 28.7 Å². The summed E-state index contributed by atoms with van der Waals surface area (Å²) >= 11 is 0. The van der Waals surface area contributed by atoms with Crippen LogP contribution < -0.4 is 29.1 Å². The summed E-state index contributed by atoms with van der Waals surface area (Å²) < 4.78 is 155. The Hall–Kier alpha value is -14.6. The third kappa shape index (κ3) is 28.9. The number of carbonyl (C=O) groups is 1. The number of hydrogen-bond acceptors (Lipinski definition) is 23. The zero-order chi connectivity index (χ0) is 101. The Morgan fingerprint density at radius 1 is 0.255 bits per heavy atom. The van der Waals surface area contributed by atoms with Gasteiger partial charge in [0.05, 0.1) is 79.3 Å². The number of rotatable bonds is 50. The zero-order valence-corrected chi connectivity index (χ0v) is 82.8. The Bertz CT molecular complexity index is 6770. The highest BCUT2D eigenvalue weighted by atomic mass is 16.8. The van der Waals surface area contributed by atoms with E-state index in [0.717, 1.165) is 72.3 Å². The minimum atomic E-state index is -1.86. The van der Waals surface area contributed by atoms with Gasteiger partial charge in [0.25, 0.3) is 0 Å². The van der Waals surface area contributed by atoms with E-state index in [1.807, 2.05) is 394 Å². The molecule has 3 fully saturated rings. The van der Waals surface area contributed by atoms with Crippen molar-refractivity contribution in [3.8, 4) is 40.1 Å². The molecule has 149 heavy (non-hydrogen) atoms. The molecule has 0 N–H and O–H groups in total. The highest BCUT2D eigenvalue weighted by Gasteiger charge is 2.59. The van der Waals surface area contributed by atoms with E-state index in [0.29, 0.717) is 11.5 Å². The van der Waals surface area contributed by atoms with Crippen molar-refractivity contribution in [2.75, 3.05) is 19.8 Å². The van der Waals surface area contributed by atoms with Gasteiger partial charge in [0, 0.05) is 24.6 Å². The molecule has 19 rings (SSSR count). The van der Waals surface area contributed by atoms with Crippen LogP contribution in [0.25, 0.3) is 22.3 Å². The molecule has 16 aromatic rings. The first-order valence-electron chi connectivity index (χ1n) is 50.5. The zero-order valence-electron chi connectivity index (χ0n) is 82.8. The predicted molar refractivity (Wildman–Crippen MR) is 561 cm³/mol. The lowest BCUT2D eigenvalue weighted by atomic mass is 9.95. The highest BCUT2D eigenvalue weighted by Crippen LogP contribution is 2.46. The van der Waals surface area contributed by atoms with Gasteiger partial charge in [-0.15, -0.1) is 0 Å². The first-order chi connectivity index (χ1) is 73.6. The summed E-state index contributed by atoms with van der Waals surface area (Å²) in [6, 6.07) is 135. The van der Waals surface area contributed by atoms with Gasteiger partial charge in [-0.3, -0.25) is 9.59 Å². The smallest absolute Gasteiger partial charge is 0.303 e. The molecule has 3 saturated heterocycles. The van der Waals surface area contributed by atoms with E-state index in [-0.39, 0.29) is 140 Å². The van der Waals surface area contributed by atoms with E-state index >= 15 is 4.79 Å². The number of benzene rings is 15. The van der Waals surface area contributed by atoms with Gasteiger partial charge in [0.1, 0.15) is 110 Å². The molecule has 0 amide bonds. The average Bonchev–Trinajstić information content (AvgIpc) is 0.760. The van der Waals surface area contributed by atoms with E-state index < -0.39 is 109 Å². The maximum atomic E-state index is 17.7. The summed E-state index contributed by atoms with van der Waals surface area (Å²) in [5.74, 6) is -0.154. The summed E-state index contributed by atoms with van der Waals surface area (Å²) in [7, 11) is 0. The number of fused-ring (bicyclic) bond motifs is 1. The molecule has 3 aliphatic rings. The maximum Gasteiger partial charge on any atom is 0.303 e. The monoisotopic (exact) mass is 2000 g/mol. The summed E-state index contributed by atoms with van der Waals surface area (Å²) in [5.41, 5.74) is 10.4. The van der Waals surface area contributed by atoms with Crippen LogP contribution in [0.4, 0.5) is 0 Å². The topological polar surface area (TPSA) is 232 Å². The summed E-state index contributed by atoms with van der Waals surface area (Å²) in [5, 5.41) is -0.0354. The van der Waals surface area contributed by atoms with Crippen LogP contribution in [0.1, 0.15) is 79.2 Å². The Morgan fingerprint density at radius 2 is 0.523 bits per heavy atom. The number of esters is 1. The van der Waals surface area contributed by atoms with E-state index in [1.165, 1.54) is 6.92 Å². The fraction of sp³-hybridized carbons (Fsp3) is 0.254. The molecular weight excluding hydrogens is 1880 g/mol. The van der Waals surface area contributed by atoms with Gasteiger partial charge in [0.15, 0.2) is 42.0 Å². The Morgan fingerprint density at radius 3 is 0.852 bits per heavy atom. The first kappa shape index (κ1) is 103. The van der Waals surface area contributed by atoms with Gasteiger partial charge in [0.2, 0.25) is 17.5 Å². The standard InChI is InChI=1S/C126H120O23/c1-88(127)142-121-118(139-82-99-61-35-12-36-62-99)114(136-79-96-55-29-9-30-56-96)108(85-129-72-89-41-15-2-16-42-89)144-124(121)148-123-120(141-84-101-65-39-14-40-66-101)116(138-81-98-59-33-11-34-60-98)110(87-131-74-91-45-19-4-20-46-91)146-126(123)149-122-119(140-83-100-63-37-13-38-64-100)115(137-80-97-57-31-10-32-58-97)109(86-130-73-90-43-17-3-18-44-90)145-125(122)147-117-112(128)111-106(135-78-95-53-27-8-28-54-95)70-103(132-75-92-47-21-5-22-48-92)71-107(111)143-113(117)102-67-68-104(133-76-93-49-23-6-24-50-93)105(69-102)134-77-94-51-25-7-26-52-94/h2-71,108-110,114-116,118-126H,72-87H2,1H3/t108?,109?,110?,114-,115-,116-,118?,119?,120?,121?,122?,123?,124+,125+,126+/m1/s1. The lowest BCUT2D eigenvalue weighted by molar-refractivity contribution is -0.400. The number of hydrogen-bond donors (Lipinski definition) is 0. The molecule has 23 heteroatoms. The van der Waals surface area contributed by atoms with Crippen LogP contribution in [0, 0.1) is 0 Å². The normalized spacial score (nSPS) is 20.6. The second-order valence-electron chi connectivity index (χ2n) is 36.7. The van der Waals surface area contributed by atoms with Crippen molar-refractivity contribution >= 4 is 16.9 Å². The van der Waals surface area contributed by atoms with E-state index in [4.69, 9.17) is 99.2 Å². The van der Waals surface area contributed by atoms with E-state index in [9.17, 15) is 4.79 Å². The molecule has 4 heterocycles. The van der Waals surface area contributed by atoms with Crippen molar-refractivity contribution in [1.29, 1.82) is 0 Å². The fourth-order valence-corrected chi connectivity index (χ4v) is 18.3. The molecule has 0 saturated carbocycles. The van der Waals surface area contributed by atoms with Crippen molar-refractivity contribution in [3.63, 3.8) is 0 Å². The molecule has 0 radical (unpaired) electrons. The molecule has 15 aromatic carbocycles. The fourth-order valence-electron chi connectivity index (χ4n) is 18.3. The number of ether oxygens (including phenoxy) is 20. The van der Waals surface area contributed by atoms with Crippen LogP contribution in [-0.4, -0.2) is 118 Å². The van der Waals surface area contributed by atoms with E-state index in [2.05, 4.69) is 0 Å². The van der Waals surface area contributed by atoms with Crippen LogP contribution in [0.2, 0.25) is 0 Å². The molecule has 1 aromatic heterocycles. The Kier molecular flexibility index (Phi) is 36.9. The molecule has 15 atom stereocenters. The maximum absolute atomic E-state index is 17.7. The second kappa shape index (κ2) is 53.3. The van der Waals surface area contributed by atoms with Crippen LogP contribution in [-0.2, 0) is 162 Å². The molecular formula is C126H120O23. The number of carbonyl (C=O) groups excluding carboxylic acids is 1. The van der Waals surface area contributed by atoms with Gasteiger partial charge < -0.3 is 99.2 Å². The minimum Gasteiger partial charge on any atom is -0.489 e. The third-order valence-corrected chi connectivity index (χ3v) is 25.8. The second-order valence-corrected chi connectivity index (χ2v) is 36.7. The minimum absolute atomic E-state index is 0.000354. The van der Waals surface area contributed by atoms with Crippen molar-refractivity contribution in [3.05, 3.63) is 507 Å². The summed E-state index contributed by atoms with van der Waals surface area (Å²) in [6.45, 7) is 1.56. The van der Waals surface area contributed by atoms with Crippen LogP contribution >= 0.6 is 0 Å². The van der Waals surface area contributed by atoms with Gasteiger partial charge >= 0.3 is 5.97 Å². The molecule has 23 nitrogen and oxygen atoms in total.